The van der Waals surface area contributed by atoms with E-state index in [2.05, 4.69) is 10.4 Å². The fourth-order valence-electron chi connectivity index (χ4n) is 4.01. The number of amides is 1. The molecule has 1 saturated heterocycles. The fraction of sp³-hybridized carbons (Fsp3) is 0.333. The number of aromatic nitrogens is 2. The Morgan fingerprint density at radius 3 is 2.39 bits per heavy atom. The Labute approximate surface area is 199 Å². The molecule has 1 N–H and O–H groups in total. The maximum atomic E-state index is 13.2. The average Bonchev–Trinajstić information content (AvgIpc) is 3.09. The molecule has 2 heterocycles. The molecule has 0 saturated carbocycles. The van der Waals surface area contributed by atoms with Gasteiger partial charge in [-0.05, 0) is 44.4 Å². The summed E-state index contributed by atoms with van der Waals surface area (Å²) in [5.74, 6) is -0.492. The Bertz CT molecular complexity index is 1260. The molecule has 4 rings (SSSR count). The van der Waals surface area contributed by atoms with Gasteiger partial charge in [0.15, 0.2) is 0 Å². The molecule has 0 bridgehead atoms. The van der Waals surface area contributed by atoms with Gasteiger partial charge in [0.05, 0.1) is 23.5 Å². The van der Waals surface area contributed by atoms with Crippen LogP contribution in [-0.2, 0) is 16.6 Å². The van der Waals surface area contributed by atoms with E-state index >= 15 is 0 Å². The summed E-state index contributed by atoms with van der Waals surface area (Å²) in [4.78, 5) is 13.2. The van der Waals surface area contributed by atoms with E-state index in [0.717, 1.165) is 30.4 Å². The highest BCUT2D eigenvalue weighted by atomic mass is 35.5. The molecule has 0 atom stereocenters. The minimum absolute atomic E-state index is 0.0843. The van der Waals surface area contributed by atoms with Crippen LogP contribution in [0.3, 0.4) is 0 Å². The van der Waals surface area contributed by atoms with Gasteiger partial charge in [0.1, 0.15) is 10.0 Å². The maximum Gasteiger partial charge on any atom is 0.260 e. The third-order valence-electron chi connectivity index (χ3n) is 5.81. The monoisotopic (exact) mass is 486 g/mol. The van der Waals surface area contributed by atoms with E-state index in [0.29, 0.717) is 25.3 Å². The van der Waals surface area contributed by atoms with E-state index in [9.17, 15) is 13.2 Å². The van der Waals surface area contributed by atoms with Gasteiger partial charge in [-0.1, -0.05) is 60.0 Å². The molecule has 3 aromatic rings. The van der Waals surface area contributed by atoms with E-state index in [4.69, 9.17) is 11.6 Å². The number of nitrogens with zero attached hydrogens (tertiary/aromatic N) is 3. The van der Waals surface area contributed by atoms with Crippen molar-refractivity contribution in [1.29, 1.82) is 0 Å². The number of hydrogen-bond donors (Lipinski definition) is 1. The highest BCUT2D eigenvalue weighted by molar-refractivity contribution is 7.89. The molecule has 2 aromatic carbocycles. The van der Waals surface area contributed by atoms with Gasteiger partial charge in [0, 0.05) is 13.1 Å². The first kappa shape index (κ1) is 23.5. The van der Waals surface area contributed by atoms with E-state index in [-0.39, 0.29) is 21.3 Å². The number of halogens is 1. The van der Waals surface area contributed by atoms with Gasteiger partial charge >= 0.3 is 0 Å². The van der Waals surface area contributed by atoms with Crippen LogP contribution in [0.1, 0.15) is 46.4 Å². The van der Waals surface area contributed by atoms with Crippen LogP contribution in [0.4, 0.5) is 5.69 Å². The topological polar surface area (TPSA) is 84.3 Å². The first-order valence-corrected chi connectivity index (χ1v) is 12.8. The van der Waals surface area contributed by atoms with Crippen molar-refractivity contribution >= 4 is 33.2 Å². The summed E-state index contributed by atoms with van der Waals surface area (Å²) in [6.45, 7) is 5.12. The number of nitrogens with one attached hydrogen (secondary N) is 1. The van der Waals surface area contributed by atoms with Crippen molar-refractivity contribution in [3.63, 3.8) is 0 Å². The molecule has 1 aliphatic heterocycles. The number of anilines is 1. The molecule has 0 spiro atoms. The molecule has 1 fully saturated rings. The quantitative estimate of drug-likeness (QED) is 0.550. The molecule has 0 radical (unpaired) electrons. The van der Waals surface area contributed by atoms with Gasteiger partial charge in [-0.15, -0.1) is 0 Å². The first-order chi connectivity index (χ1) is 15.8. The van der Waals surface area contributed by atoms with E-state index in [1.54, 1.807) is 29.8 Å². The summed E-state index contributed by atoms with van der Waals surface area (Å²) in [6.07, 6.45) is 2.69. The molecular weight excluding hydrogens is 460 g/mol. The van der Waals surface area contributed by atoms with Gasteiger partial charge in [-0.25, -0.2) is 13.1 Å². The molecule has 9 heteroatoms. The second-order valence-electron chi connectivity index (χ2n) is 8.31. The van der Waals surface area contributed by atoms with Crippen LogP contribution >= 0.6 is 11.6 Å². The Morgan fingerprint density at radius 2 is 1.70 bits per heavy atom. The lowest BCUT2D eigenvalue weighted by molar-refractivity contribution is 0.102. The SMILES string of the molecule is Cc1ccc(Cn2nc(C)c(C(=O)Nc3ccccc3S(=O)(=O)N3CCCCC3)c2Cl)cc1. The summed E-state index contributed by atoms with van der Waals surface area (Å²) in [5.41, 5.74) is 3.10. The summed E-state index contributed by atoms with van der Waals surface area (Å²) >= 11 is 6.54. The van der Waals surface area contributed by atoms with Crippen molar-refractivity contribution in [1.82, 2.24) is 14.1 Å². The highest BCUT2D eigenvalue weighted by Crippen LogP contribution is 2.28. The van der Waals surface area contributed by atoms with Crippen LogP contribution < -0.4 is 5.32 Å². The van der Waals surface area contributed by atoms with Gasteiger partial charge < -0.3 is 5.32 Å². The number of sulfonamides is 1. The number of piperidine rings is 1. The van der Waals surface area contributed by atoms with Crippen LogP contribution in [0.5, 0.6) is 0 Å². The predicted molar refractivity (Wildman–Crippen MR) is 129 cm³/mol. The zero-order valence-corrected chi connectivity index (χ0v) is 20.3. The Balaban J connectivity index is 1.59. The lowest BCUT2D eigenvalue weighted by atomic mass is 10.1. The second-order valence-corrected chi connectivity index (χ2v) is 10.6. The molecule has 1 aliphatic rings. The summed E-state index contributed by atoms with van der Waals surface area (Å²) in [7, 11) is -3.71. The number of hydrogen-bond acceptors (Lipinski definition) is 4. The zero-order valence-electron chi connectivity index (χ0n) is 18.7. The average molecular weight is 487 g/mol. The van der Waals surface area contributed by atoms with Crippen LogP contribution in [0.15, 0.2) is 53.4 Å². The number of carbonyl (C=O) groups excluding carboxylic acids is 1. The van der Waals surface area contributed by atoms with Gasteiger partial charge in [-0.3, -0.25) is 4.79 Å². The molecular formula is C24H27ClN4O3S. The lowest BCUT2D eigenvalue weighted by Crippen LogP contribution is -2.36. The number of para-hydroxylation sites is 1. The first-order valence-electron chi connectivity index (χ1n) is 11.0. The number of carbonyl (C=O) groups is 1. The van der Waals surface area contributed by atoms with Crippen molar-refractivity contribution < 1.29 is 13.2 Å². The second kappa shape index (κ2) is 9.67. The molecule has 174 valence electrons. The largest absolute Gasteiger partial charge is 0.321 e. The van der Waals surface area contributed by atoms with Crippen molar-refractivity contribution in [2.24, 2.45) is 0 Å². The Hall–Kier alpha value is -2.68. The fourth-order valence-corrected chi connectivity index (χ4v) is 5.99. The van der Waals surface area contributed by atoms with Crippen molar-refractivity contribution in [3.05, 3.63) is 76.1 Å². The number of aryl methyl sites for hydroxylation is 2. The maximum absolute atomic E-state index is 13.2. The normalized spacial score (nSPS) is 14.9. The number of rotatable bonds is 6. The summed E-state index contributed by atoms with van der Waals surface area (Å²) in [6, 6.07) is 14.5. The van der Waals surface area contributed by atoms with Crippen molar-refractivity contribution in [2.45, 2.75) is 44.6 Å². The summed E-state index contributed by atoms with van der Waals surface area (Å²) in [5, 5.41) is 7.40. The van der Waals surface area contributed by atoms with Crippen molar-refractivity contribution in [3.8, 4) is 0 Å². The van der Waals surface area contributed by atoms with Gasteiger partial charge in [-0.2, -0.15) is 9.40 Å². The minimum atomic E-state index is -3.71. The lowest BCUT2D eigenvalue weighted by Gasteiger charge is -2.26. The molecule has 1 amide bonds. The van der Waals surface area contributed by atoms with Gasteiger partial charge in [0.25, 0.3) is 5.91 Å². The Kier molecular flexibility index (Phi) is 6.88. The molecule has 1 aromatic heterocycles. The van der Waals surface area contributed by atoms with Crippen LogP contribution in [0, 0.1) is 13.8 Å². The van der Waals surface area contributed by atoms with E-state index in [1.165, 1.54) is 10.4 Å². The highest BCUT2D eigenvalue weighted by Gasteiger charge is 2.29. The smallest absolute Gasteiger partial charge is 0.260 e. The van der Waals surface area contributed by atoms with Crippen LogP contribution in [0.25, 0.3) is 0 Å². The summed E-state index contributed by atoms with van der Waals surface area (Å²) < 4.78 is 29.5. The molecule has 0 unspecified atom stereocenters. The van der Waals surface area contributed by atoms with E-state index in [1.807, 2.05) is 31.2 Å². The third-order valence-corrected chi connectivity index (χ3v) is 8.15. The van der Waals surface area contributed by atoms with Crippen molar-refractivity contribution in [2.75, 3.05) is 18.4 Å². The standard InChI is InChI=1S/C24H27ClN4O3S/c1-17-10-12-19(13-11-17)16-29-23(25)22(18(2)27-29)24(30)26-20-8-4-5-9-21(20)33(31,32)28-14-6-3-7-15-28/h4-5,8-13H,3,6-7,14-16H2,1-2H3,(H,26,30). The molecule has 33 heavy (non-hydrogen) atoms. The van der Waals surface area contributed by atoms with Crippen LogP contribution in [0.2, 0.25) is 5.15 Å². The van der Waals surface area contributed by atoms with Gasteiger partial charge in [0.2, 0.25) is 10.0 Å². The molecule has 7 nitrogen and oxygen atoms in total. The minimum Gasteiger partial charge on any atom is -0.321 e. The third kappa shape index (κ3) is 4.98. The number of benzene rings is 2. The predicted octanol–water partition coefficient (Wildman–Crippen LogP) is 4.63. The van der Waals surface area contributed by atoms with Crippen LogP contribution in [-0.4, -0.2) is 41.5 Å². The molecule has 0 aliphatic carbocycles. The van der Waals surface area contributed by atoms with E-state index < -0.39 is 15.9 Å². The Morgan fingerprint density at radius 1 is 1.03 bits per heavy atom. The zero-order chi connectivity index (χ0) is 23.6.